The Morgan fingerprint density at radius 2 is 2.20 bits per heavy atom. The standard InChI is InChI=1S/C19H22ClN3O2/c20-15-2-1-3-16-14(15)7-17(22-16)19(24)21-12-6-13-10-25-18(11-4-5-11)9-23(13)8-12/h1-3,7,11-13,18,22H,4-6,8-10H2,(H,21,24)/t12-,13-,18-/m0/s1. The van der Waals surface area contributed by atoms with Crippen LogP contribution in [0.2, 0.25) is 5.02 Å². The Bertz CT molecular complexity index is 816. The maximum Gasteiger partial charge on any atom is 0.267 e. The minimum absolute atomic E-state index is 0.0585. The van der Waals surface area contributed by atoms with E-state index in [1.165, 1.54) is 12.8 Å². The van der Waals surface area contributed by atoms with E-state index >= 15 is 0 Å². The van der Waals surface area contributed by atoms with E-state index in [-0.39, 0.29) is 11.9 Å². The molecule has 2 aromatic rings. The number of nitrogens with zero attached hydrogens (tertiary/aromatic N) is 1. The number of rotatable bonds is 3. The molecule has 1 saturated carbocycles. The number of aromatic nitrogens is 1. The lowest BCUT2D eigenvalue weighted by molar-refractivity contribution is -0.0581. The second-order valence-electron chi connectivity index (χ2n) is 7.61. The maximum absolute atomic E-state index is 12.6. The largest absolute Gasteiger partial charge is 0.375 e. The number of morpholine rings is 1. The quantitative estimate of drug-likeness (QED) is 0.886. The highest BCUT2D eigenvalue weighted by Crippen LogP contribution is 2.38. The van der Waals surface area contributed by atoms with E-state index in [2.05, 4.69) is 15.2 Å². The summed E-state index contributed by atoms with van der Waals surface area (Å²) in [4.78, 5) is 18.3. The van der Waals surface area contributed by atoms with Gasteiger partial charge < -0.3 is 15.0 Å². The molecule has 2 N–H and O–H groups in total. The number of nitrogens with one attached hydrogen (secondary N) is 2. The second kappa shape index (κ2) is 6.01. The summed E-state index contributed by atoms with van der Waals surface area (Å²) in [5, 5.41) is 4.73. The first-order valence-electron chi connectivity index (χ1n) is 9.11. The minimum atomic E-state index is -0.0585. The molecule has 3 atom stereocenters. The molecule has 6 heteroatoms. The molecule has 1 aromatic carbocycles. The molecule has 0 spiro atoms. The first kappa shape index (κ1) is 15.7. The average Bonchev–Trinajstić information content (AvgIpc) is 3.22. The molecule has 25 heavy (non-hydrogen) atoms. The van der Waals surface area contributed by atoms with E-state index in [9.17, 15) is 4.79 Å². The molecule has 1 aliphatic carbocycles. The molecule has 3 aliphatic rings. The molecule has 132 valence electrons. The normalized spacial score (nSPS) is 29.7. The summed E-state index contributed by atoms with van der Waals surface area (Å²) < 4.78 is 6.03. The third-order valence-corrected chi connectivity index (χ3v) is 6.11. The molecule has 2 aliphatic heterocycles. The molecule has 0 unspecified atom stereocenters. The van der Waals surface area contributed by atoms with Crippen LogP contribution < -0.4 is 5.32 Å². The van der Waals surface area contributed by atoms with Crippen LogP contribution in [0.5, 0.6) is 0 Å². The molecule has 1 aromatic heterocycles. The van der Waals surface area contributed by atoms with Gasteiger partial charge >= 0.3 is 0 Å². The Hall–Kier alpha value is -1.56. The zero-order chi connectivity index (χ0) is 17.0. The smallest absolute Gasteiger partial charge is 0.267 e. The van der Waals surface area contributed by atoms with Crippen LogP contribution >= 0.6 is 11.6 Å². The summed E-state index contributed by atoms with van der Waals surface area (Å²) >= 11 is 6.20. The van der Waals surface area contributed by atoms with E-state index in [0.29, 0.717) is 22.9 Å². The van der Waals surface area contributed by atoms with Gasteiger partial charge in [-0.25, -0.2) is 0 Å². The molecular weight excluding hydrogens is 338 g/mol. The topological polar surface area (TPSA) is 57.4 Å². The Balaban J connectivity index is 1.25. The van der Waals surface area contributed by atoms with Crippen LogP contribution in [-0.4, -0.2) is 53.7 Å². The van der Waals surface area contributed by atoms with Gasteiger partial charge in [-0.05, 0) is 43.4 Å². The molecule has 0 bridgehead atoms. The van der Waals surface area contributed by atoms with Crippen LogP contribution in [0.3, 0.4) is 0 Å². The average molecular weight is 360 g/mol. The SMILES string of the molecule is O=C(N[C@H]1C[C@H]2CO[C@H](C3CC3)CN2C1)c1cc2c(Cl)cccc2[nH]1. The molecule has 0 radical (unpaired) electrons. The van der Waals surface area contributed by atoms with E-state index < -0.39 is 0 Å². The third kappa shape index (κ3) is 2.94. The number of carbonyl (C=O) groups excluding carboxylic acids is 1. The fourth-order valence-electron chi connectivity index (χ4n) is 4.26. The van der Waals surface area contributed by atoms with E-state index in [4.69, 9.17) is 16.3 Å². The van der Waals surface area contributed by atoms with Crippen molar-refractivity contribution in [3.63, 3.8) is 0 Å². The number of amides is 1. The van der Waals surface area contributed by atoms with Crippen LogP contribution in [0.15, 0.2) is 24.3 Å². The predicted molar refractivity (Wildman–Crippen MR) is 97.0 cm³/mol. The second-order valence-corrected chi connectivity index (χ2v) is 8.01. The van der Waals surface area contributed by atoms with Crippen molar-refractivity contribution in [1.29, 1.82) is 0 Å². The molecule has 5 rings (SSSR count). The highest BCUT2D eigenvalue weighted by atomic mass is 35.5. The highest BCUT2D eigenvalue weighted by Gasteiger charge is 2.42. The number of hydrogen-bond donors (Lipinski definition) is 2. The highest BCUT2D eigenvalue weighted by molar-refractivity contribution is 6.35. The first-order valence-corrected chi connectivity index (χ1v) is 9.49. The fraction of sp³-hybridized carbons (Fsp3) is 0.526. The number of aromatic amines is 1. The van der Waals surface area contributed by atoms with Gasteiger partial charge in [0.05, 0.1) is 12.7 Å². The third-order valence-electron chi connectivity index (χ3n) is 5.78. The zero-order valence-corrected chi connectivity index (χ0v) is 14.8. The van der Waals surface area contributed by atoms with Crippen molar-refractivity contribution in [2.75, 3.05) is 19.7 Å². The van der Waals surface area contributed by atoms with Gasteiger partial charge in [0.15, 0.2) is 0 Å². The fourth-order valence-corrected chi connectivity index (χ4v) is 4.49. The number of fused-ring (bicyclic) bond motifs is 2. The number of hydrogen-bond acceptors (Lipinski definition) is 3. The monoisotopic (exact) mass is 359 g/mol. The van der Waals surface area contributed by atoms with Crippen molar-refractivity contribution < 1.29 is 9.53 Å². The zero-order valence-electron chi connectivity index (χ0n) is 14.0. The van der Waals surface area contributed by atoms with Crippen LogP contribution in [-0.2, 0) is 4.74 Å². The number of benzene rings is 1. The van der Waals surface area contributed by atoms with Crippen LogP contribution in [0, 0.1) is 5.92 Å². The van der Waals surface area contributed by atoms with Crippen LogP contribution in [0.4, 0.5) is 0 Å². The van der Waals surface area contributed by atoms with Gasteiger partial charge in [-0.1, -0.05) is 17.7 Å². The van der Waals surface area contributed by atoms with Crippen LogP contribution in [0.1, 0.15) is 29.8 Å². The lowest BCUT2D eigenvalue weighted by Gasteiger charge is -2.35. The molecular formula is C19H22ClN3O2. The first-order chi connectivity index (χ1) is 12.2. The Morgan fingerprint density at radius 1 is 1.32 bits per heavy atom. The van der Waals surface area contributed by atoms with Crippen molar-refractivity contribution in [3.8, 4) is 0 Å². The van der Waals surface area contributed by atoms with Gasteiger partial charge in [0, 0.05) is 41.1 Å². The van der Waals surface area contributed by atoms with Gasteiger partial charge in [0.1, 0.15) is 5.69 Å². The number of ether oxygens (including phenoxy) is 1. The maximum atomic E-state index is 12.6. The number of halogens is 1. The predicted octanol–water partition coefficient (Wildman–Crippen LogP) is 2.80. The van der Waals surface area contributed by atoms with Crippen molar-refractivity contribution in [2.24, 2.45) is 5.92 Å². The molecule has 1 amide bonds. The van der Waals surface area contributed by atoms with Gasteiger partial charge in [-0.15, -0.1) is 0 Å². The summed E-state index contributed by atoms with van der Waals surface area (Å²) in [5.74, 6) is 0.711. The van der Waals surface area contributed by atoms with Crippen molar-refractivity contribution >= 4 is 28.4 Å². The summed E-state index contributed by atoms with van der Waals surface area (Å²) in [6.07, 6.45) is 3.99. The van der Waals surface area contributed by atoms with E-state index in [1.807, 2.05) is 24.3 Å². The van der Waals surface area contributed by atoms with E-state index in [0.717, 1.165) is 42.9 Å². The van der Waals surface area contributed by atoms with Gasteiger partial charge in [-0.3, -0.25) is 9.69 Å². The van der Waals surface area contributed by atoms with Crippen molar-refractivity contribution in [2.45, 2.75) is 37.5 Å². The molecule has 3 heterocycles. The molecule has 2 saturated heterocycles. The Kier molecular flexibility index (Phi) is 3.77. The lowest BCUT2D eigenvalue weighted by atomic mass is 10.1. The molecule has 3 fully saturated rings. The molecule has 5 nitrogen and oxygen atoms in total. The number of H-pyrrole nitrogens is 1. The van der Waals surface area contributed by atoms with Gasteiger partial charge in [-0.2, -0.15) is 0 Å². The summed E-state index contributed by atoms with van der Waals surface area (Å²) in [7, 11) is 0. The summed E-state index contributed by atoms with van der Waals surface area (Å²) in [6.45, 7) is 2.74. The summed E-state index contributed by atoms with van der Waals surface area (Å²) in [5.41, 5.74) is 1.46. The van der Waals surface area contributed by atoms with Crippen molar-refractivity contribution in [3.05, 3.63) is 35.0 Å². The van der Waals surface area contributed by atoms with Gasteiger partial charge in [0.25, 0.3) is 5.91 Å². The Morgan fingerprint density at radius 3 is 3.00 bits per heavy atom. The van der Waals surface area contributed by atoms with Crippen LogP contribution in [0.25, 0.3) is 10.9 Å². The number of carbonyl (C=O) groups is 1. The lowest BCUT2D eigenvalue weighted by Crippen LogP contribution is -2.47. The van der Waals surface area contributed by atoms with Crippen molar-refractivity contribution in [1.82, 2.24) is 15.2 Å². The van der Waals surface area contributed by atoms with Gasteiger partial charge in [0.2, 0.25) is 0 Å². The summed E-state index contributed by atoms with van der Waals surface area (Å²) in [6, 6.07) is 8.11. The van der Waals surface area contributed by atoms with E-state index in [1.54, 1.807) is 0 Å². The Labute approximate surface area is 151 Å². The minimum Gasteiger partial charge on any atom is -0.375 e.